The molecule has 2 aliphatic heterocycles. The minimum atomic E-state index is -3.93. The average molecular weight is 339 g/mol. The smallest absolute Gasteiger partial charge is 0.328 e. The van der Waals surface area contributed by atoms with Crippen LogP contribution in [-0.4, -0.2) is 51.6 Å². The molecular weight excluding hydrogens is 322 g/mol. The van der Waals surface area contributed by atoms with Crippen LogP contribution in [-0.2, 0) is 19.4 Å². The predicted molar refractivity (Wildman–Crippen MR) is 79.9 cm³/mol. The van der Waals surface area contributed by atoms with E-state index in [9.17, 15) is 28.2 Å². The number of carboxylic acids is 1. The third-order valence-corrected chi connectivity index (χ3v) is 7.67. The summed E-state index contributed by atoms with van der Waals surface area (Å²) in [5.41, 5.74) is 0.428. The fourth-order valence-corrected chi connectivity index (χ4v) is 5.82. The lowest BCUT2D eigenvalue weighted by molar-refractivity contribution is -0.169. The first kappa shape index (κ1) is 15.9. The zero-order valence-electron chi connectivity index (χ0n) is 12.6. The number of rotatable bonds is 3. The number of nitrogens with zero attached hydrogens (tertiary/aromatic N) is 1. The Morgan fingerprint density at radius 2 is 1.83 bits per heavy atom. The number of carbonyl (C=O) groups is 2. The lowest BCUT2D eigenvalue weighted by atomic mass is 9.85. The molecule has 23 heavy (non-hydrogen) atoms. The molecule has 0 radical (unpaired) electrons. The molecule has 8 heteroatoms. The van der Waals surface area contributed by atoms with Gasteiger partial charge in [0.2, 0.25) is 5.91 Å². The van der Waals surface area contributed by atoms with Crippen LogP contribution < -0.4 is 0 Å². The molecule has 0 saturated carbocycles. The number of aliphatic carboxylic acids is 1. The molecule has 2 unspecified atom stereocenters. The molecule has 1 aromatic rings. The quantitative estimate of drug-likeness (QED) is 0.759. The number of amides is 1. The minimum absolute atomic E-state index is 0.428. The van der Waals surface area contributed by atoms with Crippen molar-refractivity contribution in [3.05, 3.63) is 35.9 Å². The van der Waals surface area contributed by atoms with Crippen molar-refractivity contribution in [2.24, 2.45) is 5.92 Å². The normalized spacial score (nSPS) is 32.0. The molecular formula is C15H17NO6S. The van der Waals surface area contributed by atoms with Gasteiger partial charge in [0.15, 0.2) is 9.84 Å². The van der Waals surface area contributed by atoms with Crippen LogP contribution >= 0.6 is 0 Å². The van der Waals surface area contributed by atoms with Crippen LogP contribution in [0.4, 0.5) is 0 Å². The Labute approximate surface area is 133 Å². The summed E-state index contributed by atoms with van der Waals surface area (Å²) in [5.74, 6) is -3.18. The van der Waals surface area contributed by atoms with Crippen LogP contribution in [0.15, 0.2) is 30.3 Å². The third kappa shape index (κ3) is 1.88. The van der Waals surface area contributed by atoms with Crippen molar-refractivity contribution >= 4 is 21.7 Å². The Bertz CT molecular complexity index is 772. The van der Waals surface area contributed by atoms with Crippen molar-refractivity contribution in [2.45, 2.75) is 36.1 Å². The number of fused-ring (bicyclic) bond motifs is 1. The molecule has 124 valence electrons. The molecule has 4 atom stereocenters. The zero-order chi connectivity index (χ0) is 17.2. The summed E-state index contributed by atoms with van der Waals surface area (Å²) in [5, 5.41) is 18.5. The third-order valence-electron chi connectivity index (χ3n) is 4.82. The number of β-lactam (4-membered cyclic amide) rings is 1. The summed E-state index contributed by atoms with van der Waals surface area (Å²) in [4.78, 5) is 24.7. The minimum Gasteiger partial charge on any atom is -0.480 e. The predicted octanol–water partition coefficient (Wildman–Crippen LogP) is 0.165. The second-order valence-corrected chi connectivity index (χ2v) is 9.03. The lowest BCUT2D eigenvalue weighted by Crippen LogP contribution is -2.64. The summed E-state index contributed by atoms with van der Waals surface area (Å²) in [7, 11) is -3.93. The van der Waals surface area contributed by atoms with Crippen molar-refractivity contribution in [2.75, 3.05) is 0 Å². The number of carboxylic acid groups (broad SMARTS) is 1. The largest absolute Gasteiger partial charge is 0.480 e. The molecule has 0 bridgehead atoms. The number of aliphatic hydroxyl groups is 1. The van der Waals surface area contributed by atoms with Crippen LogP contribution in [0.25, 0.3) is 0 Å². The van der Waals surface area contributed by atoms with Gasteiger partial charge in [-0.05, 0) is 19.4 Å². The van der Waals surface area contributed by atoms with Gasteiger partial charge >= 0.3 is 5.97 Å². The highest BCUT2D eigenvalue weighted by molar-refractivity contribution is 7.93. The van der Waals surface area contributed by atoms with Crippen molar-refractivity contribution in [1.82, 2.24) is 4.90 Å². The molecule has 2 N–H and O–H groups in total. The van der Waals surface area contributed by atoms with Gasteiger partial charge in [0.1, 0.15) is 17.3 Å². The maximum absolute atomic E-state index is 12.7. The van der Waals surface area contributed by atoms with Gasteiger partial charge in [0.05, 0.1) is 10.9 Å². The fraction of sp³-hybridized carbons (Fsp3) is 0.467. The Kier molecular flexibility index (Phi) is 3.32. The van der Waals surface area contributed by atoms with Gasteiger partial charge in [-0.3, -0.25) is 4.79 Å². The molecule has 2 fully saturated rings. The SMILES string of the molecule is CC1(C)[C@H](C(=O)O)N2C(=O)C(C(O)c3ccccc3)[C@H]2S1(=O)=O. The maximum Gasteiger partial charge on any atom is 0.328 e. The van der Waals surface area contributed by atoms with Gasteiger partial charge in [-0.2, -0.15) is 0 Å². The molecule has 0 spiro atoms. The monoisotopic (exact) mass is 339 g/mol. The van der Waals surface area contributed by atoms with Crippen LogP contribution in [0.2, 0.25) is 0 Å². The van der Waals surface area contributed by atoms with Crippen molar-refractivity contribution < 1.29 is 28.2 Å². The Morgan fingerprint density at radius 3 is 2.35 bits per heavy atom. The van der Waals surface area contributed by atoms with E-state index in [0.29, 0.717) is 5.56 Å². The first-order chi connectivity index (χ1) is 10.6. The van der Waals surface area contributed by atoms with Crippen molar-refractivity contribution in [1.29, 1.82) is 0 Å². The highest BCUT2D eigenvalue weighted by Crippen LogP contribution is 2.51. The van der Waals surface area contributed by atoms with E-state index in [1.165, 1.54) is 13.8 Å². The summed E-state index contributed by atoms with van der Waals surface area (Å²) >= 11 is 0. The van der Waals surface area contributed by atoms with Crippen LogP contribution in [0, 0.1) is 5.92 Å². The zero-order valence-corrected chi connectivity index (χ0v) is 13.4. The number of aliphatic hydroxyl groups excluding tert-OH is 1. The van der Waals surface area contributed by atoms with E-state index in [1.807, 2.05) is 0 Å². The topological polar surface area (TPSA) is 112 Å². The van der Waals surface area contributed by atoms with E-state index in [-0.39, 0.29) is 0 Å². The van der Waals surface area contributed by atoms with Crippen molar-refractivity contribution in [3.8, 4) is 0 Å². The second kappa shape index (κ2) is 4.78. The molecule has 2 saturated heterocycles. The maximum atomic E-state index is 12.7. The number of carbonyl (C=O) groups excluding carboxylic acids is 1. The van der Waals surface area contributed by atoms with Gasteiger partial charge in [-0.15, -0.1) is 0 Å². The number of hydrogen-bond donors (Lipinski definition) is 2. The van der Waals surface area contributed by atoms with E-state index < -0.39 is 49.9 Å². The number of benzene rings is 1. The molecule has 1 amide bonds. The first-order valence-electron chi connectivity index (χ1n) is 7.14. The highest BCUT2D eigenvalue weighted by atomic mass is 32.2. The lowest BCUT2D eigenvalue weighted by Gasteiger charge is -2.44. The van der Waals surface area contributed by atoms with E-state index in [4.69, 9.17) is 0 Å². The Balaban J connectivity index is 2.04. The van der Waals surface area contributed by atoms with E-state index in [2.05, 4.69) is 0 Å². The molecule has 1 aromatic carbocycles. The van der Waals surface area contributed by atoms with Crippen LogP contribution in [0.5, 0.6) is 0 Å². The van der Waals surface area contributed by atoms with Crippen LogP contribution in [0.1, 0.15) is 25.5 Å². The average Bonchev–Trinajstić information content (AvgIpc) is 2.62. The van der Waals surface area contributed by atoms with Gasteiger partial charge in [-0.25, -0.2) is 13.2 Å². The highest BCUT2D eigenvalue weighted by Gasteiger charge is 2.73. The second-order valence-electron chi connectivity index (χ2n) is 6.41. The molecule has 0 aliphatic carbocycles. The van der Waals surface area contributed by atoms with E-state index in [1.54, 1.807) is 30.3 Å². The fourth-order valence-electron chi connectivity index (χ4n) is 3.49. The van der Waals surface area contributed by atoms with Gasteiger partial charge < -0.3 is 15.1 Å². The number of sulfone groups is 1. The molecule has 0 aromatic heterocycles. The summed E-state index contributed by atoms with van der Waals surface area (Å²) < 4.78 is 23.8. The molecule has 2 aliphatic rings. The molecule has 2 heterocycles. The Morgan fingerprint density at radius 1 is 1.26 bits per heavy atom. The summed E-state index contributed by atoms with van der Waals surface area (Å²) in [6, 6.07) is 6.84. The standard InChI is InChI=1S/C15H17NO6S/c1-15(2)11(14(19)20)16-12(18)9(13(16)23(15,21)22)10(17)8-6-4-3-5-7-8/h3-7,9-11,13,17H,1-2H3,(H,19,20)/t9?,10?,11-,13+/m0/s1. The van der Waals surface area contributed by atoms with Crippen molar-refractivity contribution in [3.63, 3.8) is 0 Å². The Hall–Kier alpha value is -1.93. The van der Waals surface area contributed by atoms with E-state index in [0.717, 1.165) is 4.90 Å². The van der Waals surface area contributed by atoms with Gasteiger partial charge in [-0.1, -0.05) is 30.3 Å². The van der Waals surface area contributed by atoms with Crippen LogP contribution in [0.3, 0.4) is 0 Å². The first-order valence-corrected chi connectivity index (χ1v) is 8.68. The summed E-state index contributed by atoms with van der Waals surface area (Å²) in [6.07, 6.45) is -1.29. The van der Waals surface area contributed by atoms with Gasteiger partial charge in [0.25, 0.3) is 0 Å². The van der Waals surface area contributed by atoms with E-state index >= 15 is 0 Å². The summed E-state index contributed by atoms with van der Waals surface area (Å²) in [6.45, 7) is 2.61. The molecule has 7 nitrogen and oxygen atoms in total. The molecule has 3 rings (SSSR count). The van der Waals surface area contributed by atoms with Gasteiger partial charge in [0, 0.05) is 0 Å². The number of hydrogen-bond acceptors (Lipinski definition) is 5.